The molecule has 15 heavy (non-hydrogen) atoms. The van der Waals surface area contributed by atoms with Crippen LogP contribution in [0.3, 0.4) is 0 Å². The van der Waals surface area contributed by atoms with Gasteiger partial charge < -0.3 is 10.3 Å². The zero-order valence-electron chi connectivity index (χ0n) is 9.07. The quantitative estimate of drug-likeness (QED) is 0.807. The summed E-state index contributed by atoms with van der Waals surface area (Å²) in [5, 5.41) is 0. The minimum absolute atomic E-state index is 0.486. The largest absolute Gasteiger partial charge is 0.325 e. The maximum atomic E-state index is 5.57. The summed E-state index contributed by atoms with van der Waals surface area (Å²) in [5.74, 6) is 0.977. The number of rotatable bonds is 2. The van der Waals surface area contributed by atoms with Crippen molar-refractivity contribution in [2.45, 2.75) is 20.4 Å². The molecule has 0 unspecified atom stereocenters. The summed E-state index contributed by atoms with van der Waals surface area (Å²) < 4.78 is 2.08. The van der Waals surface area contributed by atoms with Gasteiger partial charge in [-0.1, -0.05) is 18.2 Å². The molecule has 2 aromatic rings. The van der Waals surface area contributed by atoms with E-state index in [4.69, 9.17) is 5.73 Å². The molecule has 0 saturated heterocycles. The summed E-state index contributed by atoms with van der Waals surface area (Å²) in [7, 11) is 0. The molecule has 0 aliphatic carbocycles. The van der Waals surface area contributed by atoms with E-state index in [1.165, 1.54) is 11.3 Å². The molecule has 0 bridgehead atoms. The second-order valence-corrected chi connectivity index (χ2v) is 3.64. The normalized spacial score (nSPS) is 10.6. The van der Waals surface area contributed by atoms with Crippen molar-refractivity contribution in [1.29, 1.82) is 0 Å². The Labute approximate surface area is 89.6 Å². The first kappa shape index (κ1) is 9.93. The van der Waals surface area contributed by atoms with Gasteiger partial charge in [0.2, 0.25) is 0 Å². The Bertz CT molecular complexity index is 471. The molecule has 0 amide bonds. The highest BCUT2D eigenvalue weighted by Crippen LogP contribution is 2.16. The van der Waals surface area contributed by atoms with Crippen LogP contribution in [0.2, 0.25) is 0 Å². The lowest BCUT2D eigenvalue weighted by atomic mass is 10.2. The van der Waals surface area contributed by atoms with Gasteiger partial charge in [0.15, 0.2) is 0 Å². The molecule has 0 saturated carbocycles. The molecule has 3 nitrogen and oxygen atoms in total. The minimum Gasteiger partial charge on any atom is -0.325 e. The van der Waals surface area contributed by atoms with Gasteiger partial charge in [0.25, 0.3) is 0 Å². The summed E-state index contributed by atoms with van der Waals surface area (Å²) in [5.41, 5.74) is 8.91. The Morgan fingerprint density at radius 2 is 2.00 bits per heavy atom. The van der Waals surface area contributed by atoms with Crippen LogP contribution in [0.25, 0.3) is 5.69 Å². The molecule has 1 heterocycles. The summed E-state index contributed by atoms with van der Waals surface area (Å²) in [6.45, 7) is 4.57. The zero-order chi connectivity index (χ0) is 10.8. The molecule has 0 aliphatic heterocycles. The van der Waals surface area contributed by atoms with Gasteiger partial charge in [-0.05, 0) is 25.5 Å². The van der Waals surface area contributed by atoms with Crippen LogP contribution in [0.5, 0.6) is 0 Å². The molecule has 0 spiro atoms. The van der Waals surface area contributed by atoms with Gasteiger partial charge in [-0.2, -0.15) is 0 Å². The Hall–Kier alpha value is -1.61. The molecule has 2 rings (SSSR count). The number of aromatic nitrogens is 2. The van der Waals surface area contributed by atoms with Crippen LogP contribution < -0.4 is 5.73 Å². The number of hydrogen-bond acceptors (Lipinski definition) is 2. The predicted molar refractivity (Wildman–Crippen MR) is 60.9 cm³/mol. The van der Waals surface area contributed by atoms with E-state index in [-0.39, 0.29) is 0 Å². The molecule has 1 aromatic carbocycles. The van der Waals surface area contributed by atoms with Crippen LogP contribution in [0, 0.1) is 13.8 Å². The van der Waals surface area contributed by atoms with E-state index < -0.39 is 0 Å². The van der Waals surface area contributed by atoms with Crippen LogP contribution >= 0.6 is 0 Å². The number of para-hydroxylation sites is 1. The molecule has 3 heteroatoms. The fraction of sp³-hybridized carbons (Fsp3) is 0.250. The van der Waals surface area contributed by atoms with Crippen molar-refractivity contribution in [2.24, 2.45) is 5.73 Å². The number of aryl methyl sites for hydroxylation is 2. The minimum atomic E-state index is 0.486. The SMILES string of the molecule is Cc1ccccc1-n1cc(CN)nc1C. The maximum Gasteiger partial charge on any atom is 0.110 e. The Balaban J connectivity index is 2.54. The molecule has 0 radical (unpaired) electrons. The third-order valence-corrected chi connectivity index (χ3v) is 2.52. The molecule has 1 aromatic heterocycles. The first-order chi connectivity index (χ1) is 7.22. The van der Waals surface area contributed by atoms with Gasteiger partial charge in [-0.15, -0.1) is 0 Å². The van der Waals surface area contributed by atoms with E-state index >= 15 is 0 Å². The summed E-state index contributed by atoms with van der Waals surface area (Å²) in [6.07, 6.45) is 2.00. The maximum absolute atomic E-state index is 5.57. The van der Waals surface area contributed by atoms with Gasteiger partial charge in [0.05, 0.1) is 5.69 Å². The van der Waals surface area contributed by atoms with Crippen molar-refractivity contribution in [3.8, 4) is 5.69 Å². The lowest BCUT2D eigenvalue weighted by Gasteiger charge is -2.07. The van der Waals surface area contributed by atoms with Crippen molar-refractivity contribution in [1.82, 2.24) is 9.55 Å². The van der Waals surface area contributed by atoms with Gasteiger partial charge in [0, 0.05) is 18.4 Å². The molecular formula is C12H15N3. The highest BCUT2D eigenvalue weighted by Gasteiger charge is 2.06. The summed E-state index contributed by atoms with van der Waals surface area (Å²) in [6, 6.07) is 8.25. The van der Waals surface area contributed by atoms with Crippen LogP contribution in [0.4, 0.5) is 0 Å². The number of hydrogen-bond donors (Lipinski definition) is 1. The van der Waals surface area contributed by atoms with E-state index in [1.54, 1.807) is 0 Å². The molecule has 78 valence electrons. The number of imidazole rings is 1. The van der Waals surface area contributed by atoms with Crippen molar-refractivity contribution in [3.05, 3.63) is 47.5 Å². The van der Waals surface area contributed by atoms with E-state index in [0.717, 1.165) is 11.5 Å². The smallest absolute Gasteiger partial charge is 0.110 e. The predicted octanol–water partition coefficient (Wildman–Crippen LogP) is 1.95. The summed E-state index contributed by atoms with van der Waals surface area (Å²) in [4.78, 5) is 4.38. The number of benzene rings is 1. The van der Waals surface area contributed by atoms with Crippen molar-refractivity contribution in [2.75, 3.05) is 0 Å². The average molecular weight is 201 g/mol. The van der Waals surface area contributed by atoms with E-state index in [2.05, 4.69) is 28.6 Å². The highest BCUT2D eigenvalue weighted by atomic mass is 15.1. The number of nitrogens with zero attached hydrogens (tertiary/aromatic N) is 2. The van der Waals surface area contributed by atoms with Gasteiger partial charge in [-0.3, -0.25) is 0 Å². The Morgan fingerprint density at radius 1 is 1.27 bits per heavy atom. The van der Waals surface area contributed by atoms with Crippen molar-refractivity contribution >= 4 is 0 Å². The second-order valence-electron chi connectivity index (χ2n) is 3.64. The van der Waals surface area contributed by atoms with Crippen molar-refractivity contribution < 1.29 is 0 Å². The lowest BCUT2D eigenvalue weighted by Crippen LogP contribution is -1.97. The second kappa shape index (κ2) is 3.87. The standard InChI is InChI=1S/C12H15N3/c1-9-5-3-4-6-12(9)15-8-11(7-13)14-10(15)2/h3-6,8H,7,13H2,1-2H3. The third kappa shape index (κ3) is 1.78. The van der Waals surface area contributed by atoms with Gasteiger partial charge >= 0.3 is 0 Å². The van der Waals surface area contributed by atoms with Crippen LogP contribution in [-0.4, -0.2) is 9.55 Å². The summed E-state index contributed by atoms with van der Waals surface area (Å²) >= 11 is 0. The van der Waals surface area contributed by atoms with E-state index in [9.17, 15) is 0 Å². The number of nitrogens with two attached hydrogens (primary N) is 1. The van der Waals surface area contributed by atoms with Crippen LogP contribution in [0.15, 0.2) is 30.5 Å². The molecule has 2 N–H and O–H groups in total. The molecule has 0 atom stereocenters. The topological polar surface area (TPSA) is 43.8 Å². The molecule has 0 fully saturated rings. The van der Waals surface area contributed by atoms with Gasteiger partial charge in [0.1, 0.15) is 5.82 Å². The third-order valence-electron chi connectivity index (χ3n) is 2.52. The van der Waals surface area contributed by atoms with Crippen molar-refractivity contribution in [3.63, 3.8) is 0 Å². The zero-order valence-corrected chi connectivity index (χ0v) is 9.07. The average Bonchev–Trinajstić information content (AvgIpc) is 2.60. The fourth-order valence-electron chi connectivity index (χ4n) is 1.71. The Kier molecular flexibility index (Phi) is 2.56. The van der Waals surface area contributed by atoms with Crippen LogP contribution in [-0.2, 0) is 6.54 Å². The van der Waals surface area contributed by atoms with E-state index in [1.807, 2.05) is 25.3 Å². The first-order valence-electron chi connectivity index (χ1n) is 5.03. The van der Waals surface area contributed by atoms with Crippen LogP contribution in [0.1, 0.15) is 17.1 Å². The molecular weight excluding hydrogens is 186 g/mol. The monoisotopic (exact) mass is 201 g/mol. The fourth-order valence-corrected chi connectivity index (χ4v) is 1.71. The van der Waals surface area contributed by atoms with E-state index in [0.29, 0.717) is 6.54 Å². The highest BCUT2D eigenvalue weighted by molar-refractivity contribution is 5.41. The first-order valence-corrected chi connectivity index (χ1v) is 5.03. The lowest BCUT2D eigenvalue weighted by molar-refractivity contribution is 0.961. The Morgan fingerprint density at radius 3 is 2.60 bits per heavy atom. The van der Waals surface area contributed by atoms with Gasteiger partial charge in [-0.25, -0.2) is 4.98 Å². The molecule has 0 aliphatic rings.